The van der Waals surface area contributed by atoms with Crippen molar-refractivity contribution in [3.8, 4) is 5.75 Å². The third kappa shape index (κ3) is 2.26. The molecule has 4 heteroatoms. The summed E-state index contributed by atoms with van der Waals surface area (Å²) in [7, 11) is 1.42. The van der Waals surface area contributed by atoms with Crippen molar-refractivity contribution in [2.45, 2.75) is 18.9 Å². The van der Waals surface area contributed by atoms with Gasteiger partial charge in [0.2, 0.25) is 0 Å². The minimum Gasteiger partial charge on any atom is -0.490 e. The number of hydrogen-bond acceptors (Lipinski definition) is 4. The molecular formula is C11H13NO3. The van der Waals surface area contributed by atoms with Gasteiger partial charge in [-0.1, -0.05) is 0 Å². The Morgan fingerprint density at radius 2 is 2.07 bits per heavy atom. The Morgan fingerprint density at radius 1 is 1.40 bits per heavy atom. The highest BCUT2D eigenvalue weighted by Gasteiger charge is 2.36. The number of carbonyl (C=O) groups is 1. The van der Waals surface area contributed by atoms with Gasteiger partial charge >= 0.3 is 5.97 Å². The van der Waals surface area contributed by atoms with Crippen molar-refractivity contribution in [3.63, 3.8) is 0 Å². The van der Waals surface area contributed by atoms with Gasteiger partial charge in [0.05, 0.1) is 13.0 Å². The molecule has 0 unspecified atom stereocenters. The summed E-state index contributed by atoms with van der Waals surface area (Å²) in [4.78, 5) is 15.0. The van der Waals surface area contributed by atoms with E-state index in [1.54, 1.807) is 12.4 Å². The van der Waals surface area contributed by atoms with Crippen LogP contribution in [-0.2, 0) is 9.53 Å². The van der Waals surface area contributed by atoms with E-state index in [-0.39, 0.29) is 18.0 Å². The van der Waals surface area contributed by atoms with Crippen molar-refractivity contribution in [2.75, 3.05) is 7.11 Å². The van der Waals surface area contributed by atoms with Gasteiger partial charge in [0.25, 0.3) is 0 Å². The third-order valence-electron chi connectivity index (χ3n) is 2.58. The van der Waals surface area contributed by atoms with E-state index in [0.717, 1.165) is 18.6 Å². The highest BCUT2D eigenvalue weighted by molar-refractivity contribution is 5.73. The van der Waals surface area contributed by atoms with Gasteiger partial charge in [-0.15, -0.1) is 0 Å². The topological polar surface area (TPSA) is 48.4 Å². The van der Waals surface area contributed by atoms with Crippen molar-refractivity contribution in [3.05, 3.63) is 24.5 Å². The number of pyridine rings is 1. The molecule has 0 amide bonds. The molecule has 0 N–H and O–H groups in total. The van der Waals surface area contributed by atoms with E-state index in [2.05, 4.69) is 9.72 Å². The summed E-state index contributed by atoms with van der Waals surface area (Å²) in [5.41, 5.74) is 0. The largest absolute Gasteiger partial charge is 0.490 e. The van der Waals surface area contributed by atoms with E-state index in [0.29, 0.717) is 0 Å². The zero-order valence-corrected chi connectivity index (χ0v) is 8.55. The molecular weight excluding hydrogens is 194 g/mol. The van der Waals surface area contributed by atoms with Gasteiger partial charge in [0.15, 0.2) is 0 Å². The summed E-state index contributed by atoms with van der Waals surface area (Å²) >= 11 is 0. The normalized spacial score (nSPS) is 24.1. The lowest BCUT2D eigenvalue weighted by Crippen LogP contribution is -2.38. The molecule has 1 aromatic rings. The second-order valence-corrected chi connectivity index (χ2v) is 3.61. The van der Waals surface area contributed by atoms with Crippen LogP contribution in [0.5, 0.6) is 5.75 Å². The SMILES string of the molecule is COC(=O)C1CC(Oc2ccncc2)C1. The van der Waals surface area contributed by atoms with E-state index < -0.39 is 0 Å². The van der Waals surface area contributed by atoms with Crippen LogP contribution in [0.1, 0.15) is 12.8 Å². The average Bonchev–Trinajstić information content (AvgIpc) is 2.23. The molecule has 0 bridgehead atoms. The number of carbonyl (C=O) groups excluding carboxylic acids is 1. The Kier molecular flexibility index (Phi) is 2.85. The number of nitrogens with zero attached hydrogens (tertiary/aromatic N) is 1. The number of rotatable bonds is 3. The molecule has 1 aromatic heterocycles. The number of esters is 1. The van der Waals surface area contributed by atoms with E-state index >= 15 is 0 Å². The molecule has 0 atom stereocenters. The molecule has 1 saturated carbocycles. The van der Waals surface area contributed by atoms with Gasteiger partial charge in [0.1, 0.15) is 11.9 Å². The van der Waals surface area contributed by atoms with Crippen molar-refractivity contribution in [2.24, 2.45) is 5.92 Å². The van der Waals surface area contributed by atoms with E-state index in [1.807, 2.05) is 12.1 Å². The van der Waals surface area contributed by atoms with Crippen molar-refractivity contribution >= 4 is 5.97 Å². The maximum Gasteiger partial charge on any atom is 0.308 e. The first kappa shape index (κ1) is 9.96. The molecule has 2 rings (SSSR count). The molecule has 1 aliphatic rings. The first-order valence-corrected chi connectivity index (χ1v) is 4.94. The monoisotopic (exact) mass is 207 g/mol. The molecule has 0 spiro atoms. The Balaban J connectivity index is 1.79. The number of methoxy groups -OCH3 is 1. The van der Waals surface area contributed by atoms with Gasteiger partial charge in [-0.25, -0.2) is 0 Å². The smallest absolute Gasteiger partial charge is 0.308 e. The van der Waals surface area contributed by atoms with Crippen LogP contribution in [0.25, 0.3) is 0 Å². The predicted octanol–water partition coefficient (Wildman–Crippen LogP) is 1.41. The lowest BCUT2D eigenvalue weighted by Gasteiger charge is -2.33. The molecule has 0 aromatic carbocycles. The summed E-state index contributed by atoms with van der Waals surface area (Å²) < 4.78 is 10.3. The molecule has 0 aliphatic heterocycles. The van der Waals surface area contributed by atoms with Gasteiger partial charge in [-0.05, 0) is 25.0 Å². The summed E-state index contributed by atoms with van der Waals surface area (Å²) in [6, 6.07) is 3.62. The summed E-state index contributed by atoms with van der Waals surface area (Å²) in [6.45, 7) is 0. The lowest BCUT2D eigenvalue weighted by molar-refractivity contribution is -0.151. The summed E-state index contributed by atoms with van der Waals surface area (Å²) in [5, 5.41) is 0. The first-order valence-electron chi connectivity index (χ1n) is 4.94. The maximum atomic E-state index is 11.1. The van der Waals surface area contributed by atoms with Gasteiger partial charge in [-0.3, -0.25) is 9.78 Å². The number of aromatic nitrogens is 1. The molecule has 1 heterocycles. The fraction of sp³-hybridized carbons (Fsp3) is 0.455. The Bertz CT molecular complexity index is 333. The van der Waals surface area contributed by atoms with E-state index in [4.69, 9.17) is 4.74 Å². The minimum absolute atomic E-state index is 0.0156. The zero-order chi connectivity index (χ0) is 10.7. The quantitative estimate of drug-likeness (QED) is 0.703. The minimum atomic E-state index is -0.135. The number of ether oxygens (including phenoxy) is 2. The van der Waals surface area contributed by atoms with Crippen LogP contribution in [-0.4, -0.2) is 24.2 Å². The van der Waals surface area contributed by atoms with Gasteiger partial charge < -0.3 is 9.47 Å². The summed E-state index contributed by atoms with van der Waals surface area (Å²) in [6.07, 6.45) is 5.00. The van der Waals surface area contributed by atoms with Crippen LogP contribution in [0.2, 0.25) is 0 Å². The second-order valence-electron chi connectivity index (χ2n) is 3.61. The first-order chi connectivity index (χ1) is 7.29. The second kappa shape index (κ2) is 4.29. The van der Waals surface area contributed by atoms with Crippen LogP contribution in [0.4, 0.5) is 0 Å². The van der Waals surface area contributed by atoms with Gasteiger partial charge in [0, 0.05) is 12.4 Å². The van der Waals surface area contributed by atoms with Crippen LogP contribution in [0.3, 0.4) is 0 Å². The Hall–Kier alpha value is -1.58. The Labute approximate surface area is 88.2 Å². The van der Waals surface area contributed by atoms with Gasteiger partial charge in [-0.2, -0.15) is 0 Å². The van der Waals surface area contributed by atoms with E-state index in [1.165, 1.54) is 7.11 Å². The summed E-state index contributed by atoms with van der Waals surface area (Å²) in [5.74, 6) is 0.685. The Morgan fingerprint density at radius 3 is 2.67 bits per heavy atom. The molecule has 4 nitrogen and oxygen atoms in total. The molecule has 1 fully saturated rings. The standard InChI is InChI=1S/C11H13NO3/c1-14-11(13)8-6-10(7-8)15-9-2-4-12-5-3-9/h2-5,8,10H,6-7H2,1H3. The lowest BCUT2D eigenvalue weighted by atomic mass is 9.82. The molecule has 0 radical (unpaired) electrons. The molecule has 15 heavy (non-hydrogen) atoms. The van der Waals surface area contributed by atoms with Crippen molar-refractivity contribution in [1.29, 1.82) is 0 Å². The predicted molar refractivity (Wildman–Crippen MR) is 53.4 cm³/mol. The van der Waals surface area contributed by atoms with Crippen molar-refractivity contribution < 1.29 is 14.3 Å². The maximum absolute atomic E-state index is 11.1. The highest BCUT2D eigenvalue weighted by Crippen LogP contribution is 2.31. The fourth-order valence-corrected chi connectivity index (χ4v) is 1.63. The third-order valence-corrected chi connectivity index (χ3v) is 2.58. The highest BCUT2D eigenvalue weighted by atomic mass is 16.5. The van der Waals surface area contributed by atoms with Crippen LogP contribution in [0, 0.1) is 5.92 Å². The number of hydrogen-bond donors (Lipinski definition) is 0. The molecule has 1 aliphatic carbocycles. The molecule has 0 saturated heterocycles. The zero-order valence-electron chi connectivity index (χ0n) is 8.55. The van der Waals surface area contributed by atoms with Crippen LogP contribution < -0.4 is 4.74 Å². The molecule has 80 valence electrons. The van der Waals surface area contributed by atoms with Crippen LogP contribution in [0.15, 0.2) is 24.5 Å². The average molecular weight is 207 g/mol. The van der Waals surface area contributed by atoms with E-state index in [9.17, 15) is 4.79 Å². The fourth-order valence-electron chi connectivity index (χ4n) is 1.63. The van der Waals surface area contributed by atoms with Crippen LogP contribution >= 0.6 is 0 Å². The van der Waals surface area contributed by atoms with Crippen molar-refractivity contribution in [1.82, 2.24) is 4.98 Å².